The van der Waals surface area contributed by atoms with Gasteiger partial charge in [0, 0.05) is 42.3 Å². The van der Waals surface area contributed by atoms with Crippen molar-refractivity contribution in [3.63, 3.8) is 0 Å². The summed E-state index contributed by atoms with van der Waals surface area (Å²) in [7, 11) is 0. The molecule has 0 spiro atoms. The average molecular weight is 508 g/mol. The molecule has 6 aromatic heterocycles. The molecular formula is C27H22FN9O. The number of halogens is 1. The maximum atomic E-state index is 16.0. The van der Waals surface area contributed by atoms with E-state index in [4.69, 9.17) is 4.98 Å². The van der Waals surface area contributed by atoms with Crippen LogP contribution in [-0.2, 0) is 4.79 Å². The maximum absolute atomic E-state index is 16.0. The normalized spacial score (nSPS) is 11.3. The first-order valence-corrected chi connectivity index (χ1v) is 12.1. The van der Waals surface area contributed by atoms with Gasteiger partial charge in [0.05, 0.1) is 40.7 Å². The van der Waals surface area contributed by atoms with E-state index >= 15 is 4.39 Å². The van der Waals surface area contributed by atoms with Crippen molar-refractivity contribution in [3.05, 3.63) is 67.4 Å². The van der Waals surface area contributed by atoms with Crippen molar-refractivity contribution in [3.8, 4) is 33.9 Å². The molecule has 0 saturated carbocycles. The fourth-order valence-corrected chi connectivity index (χ4v) is 4.34. The predicted octanol–water partition coefficient (Wildman–Crippen LogP) is 5.29. The fourth-order valence-electron chi connectivity index (χ4n) is 4.34. The molecule has 0 aromatic carbocycles. The molecule has 0 aliphatic heterocycles. The molecule has 0 unspecified atom stereocenters. The van der Waals surface area contributed by atoms with Crippen molar-refractivity contribution in [2.45, 2.75) is 26.2 Å². The molecule has 0 aliphatic rings. The van der Waals surface area contributed by atoms with E-state index in [1.54, 1.807) is 30.9 Å². The van der Waals surface area contributed by atoms with Gasteiger partial charge in [-0.15, -0.1) is 0 Å². The van der Waals surface area contributed by atoms with Gasteiger partial charge in [0.2, 0.25) is 5.91 Å². The summed E-state index contributed by atoms with van der Waals surface area (Å²) in [6.07, 6.45) is 13.4. The van der Waals surface area contributed by atoms with Gasteiger partial charge >= 0.3 is 0 Å². The number of hydrogen-bond donors (Lipinski definition) is 3. The lowest BCUT2D eigenvalue weighted by molar-refractivity contribution is -0.116. The molecule has 0 aliphatic carbocycles. The molecule has 10 nitrogen and oxygen atoms in total. The Balaban J connectivity index is 1.41. The van der Waals surface area contributed by atoms with E-state index in [2.05, 4.69) is 40.4 Å². The molecule has 0 radical (unpaired) electrons. The number of pyridine rings is 4. The molecule has 38 heavy (non-hydrogen) atoms. The van der Waals surface area contributed by atoms with E-state index in [1.807, 2.05) is 19.1 Å². The minimum absolute atomic E-state index is 0.0903. The van der Waals surface area contributed by atoms with Crippen LogP contribution >= 0.6 is 0 Å². The summed E-state index contributed by atoms with van der Waals surface area (Å²) >= 11 is 0. The van der Waals surface area contributed by atoms with Crippen LogP contribution in [0, 0.1) is 5.82 Å². The third-order valence-electron chi connectivity index (χ3n) is 6.21. The zero-order chi connectivity index (χ0) is 26.1. The maximum Gasteiger partial charge on any atom is 0.224 e. The van der Waals surface area contributed by atoms with Gasteiger partial charge < -0.3 is 10.3 Å². The highest BCUT2D eigenvalue weighted by atomic mass is 19.1. The van der Waals surface area contributed by atoms with E-state index in [1.165, 1.54) is 18.6 Å². The van der Waals surface area contributed by atoms with Crippen LogP contribution in [0.3, 0.4) is 0 Å². The first-order valence-electron chi connectivity index (χ1n) is 12.1. The predicted molar refractivity (Wildman–Crippen MR) is 141 cm³/mol. The van der Waals surface area contributed by atoms with Gasteiger partial charge in [-0.2, -0.15) is 5.10 Å². The number of H-pyrrole nitrogens is 2. The Kier molecular flexibility index (Phi) is 6.00. The summed E-state index contributed by atoms with van der Waals surface area (Å²) in [4.78, 5) is 37.0. The molecule has 0 atom stereocenters. The number of carbonyl (C=O) groups is 1. The number of nitrogens with zero attached hydrogens (tertiary/aromatic N) is 6. The van der Waals surface area contributed by atoms with Crippen molar-refractivity contribution in [2.24, 2.45) is 0 Å². The van der Waals surface area contributed by atoms with Gasteiger partial charge in [-0.05, 0) is 30.2 Å². The molecule has 6 rings (SSSR count). The minimum Gasteiger partial charge on any atom is -0.335 e. The first-order chi connectivity index (χ1) is 18.6. The average Bonchev–Trinajstić information content (AvgIpc) is 3.57. The second kappa shape index (κ2) is 9.77. The number of nitrogens with one attached hydrogen (secondary N) is 3. The summed E-state index contributed by atoms with van der Waals surface area (Å²) in [5, 5.41) is 10.2. The summed E-state index contributed by atoms with van der Waals surface area (Å²) in [6.45, 7) is 2.02. The van der Waals surface area contributed by atoms with Gasteiger partial charge in [0.1, 0.15) is 16.9 Å². The van der Waals surface area contributed by atoms with Crippen LogP contribution in [0.25, 0.3) is 55.8 Å². The minimum atomic E-state index is -0.574. The smallest absolute Gasteiger partial charge is 0.224 e. The van der Waals surface area contributed by atoms with E-state index < -0.39 is 5.82 Å². The SMILES string of the molecule is CCCCC(=O)Nc1cncc(-c2ncc3n[nH]c(-c4nc5c(-c6ccncc6)cncc5[nH]4)c3c2F)c1. The van der Waals surface area contributed by atoms with E-state index in [0.29, 0.717) is 45.7 Å². The summed E-state index contributed by atoms with van der Waals surface area (Å²) in [6, 6.07) is 5.41. The third-order valence-corrected chi connectivity index (χ3v) is 6.21. The van der Waals surface area contributed by atoms with Crippen LogP contribution in [0.15, 0.2) is 61.6 Å². The second-order valence-corrected chi connectivity index (χ2v) is 8.80. The van der Waals surface area contributed by atoms with Crippen molar-refractivity contribution in [2.75, 3.05) is 5.32 Å². The lowest BCUT2D eigenvalue weighted by Gasteiger charge is -2.08. The zero-order valence-electron chi connectivity index (χ0n) is 20.4. The van der Waals surface area contributed by atoms with Crippen LogP contribution in [0.1, 0.15) is 26.2 Å². The van der Waals surface area contributed by atoms with Crippen molar-refractivity contribution >= 4 is 33.5 Å². The molecule has 6 aromatic rings. The van der Waals surface area contributed by atoms with E-state index in [9.17, 15) is 4.79 Å². The van der Waals surface area contributed by atoms with Crippen molar-refractivity contribution in [1.29, 1.82) is 0 Å². The fraction of sp³-hybridized carbons (Fsp3) is 0.148. The molecule has 0 bridgehead atoms. The van der Waals surface area contributed by atoms with Gasteiger partial charge in [-0.25, -0.2) is 9.37 Å². The topological polar surface area (TPSA) is 138 Å². The number of amides is 1. The lowest BCUT2D eigenvalue weighted by Crippen LogP contribution is -2.11. The van der Waals surface area contributed by atoms with Crippen molar-refractivity contribution in [1.82, 2.24) is 40.1 Å². The van der Waals surface area contributed by atoms with Crippen LogP contribution in [-0.4, -0.2) is 46.0 Å². The van der Waals surface area contributed by atoms with Crippen LogP contribution in [0.5, 0.6) is 0 Å². The molecule has 11 heteroatoms. The lowest BCUT2D eigenvalue weighted by atomic mass is 10.1. The number of carbonyl (C=O) groups excluding carboxylic acids is 1. The highest BCUT2D eigenvalue weighted by Crippen LogP contribution is 2.34. The number of aromatic amines is 2. The highest BCUT2D eigenvalue weighted by molar-refractivity contribution is 5.98. The Morgan fingerprint density at radius 1 is 1.03 bits per heavy atom. The number of anilines is 1. The zero-order valence-corrected chi connectivity index (χ0v) is 20.4. The summed E-state index contributed by atoms with van der Waals surface area (Å²) in [5.41, 5.74) is 4.86. The number of rotatable bonds is 7. The first kappa shape index (κ1) is 23.3. The van der Waals surface area contributed by atoms with Gasteiger partial charge in [0.25, 0.3) is 0 Å². The van der Waals surface area contributed by atoms with E-state index in [0.717, 1.165) is 24.0 Å². The molecule has 6 heterocycles. The van der Waals surface area contributed by atoms with Gasteiger partial charge in [-0.3, -0.25) is 29.8 Å². The number of aromatic nitrogens is 8. The van der Waals surface area contributed by atoms with Crippen molar-refractivity contribution < 1.29 is 9.18 Å². The second-order valence-electron chi connectivity index (χ2n) is 8.80. The largest absolute Gasteiger partial charge is 0.335 e. The number of fused-ring (bicyclic) bond motifs is 2. The number of unbranched alkanes of at least 4 members (excludes halogenated alkanes) is 1. The molecule has 1 amide bonds. The molecular weight excluding hydrogens is 485 g/mol. The Hall–Kier alpha value is -5.06. The van der Waals surface area contributed by atoms with E-state index in [-0.39, 0.29) is 17.0 Å². The van der Waals surface area contributed by atoms with Gasteiger partial charge in [-0.1, -0.05) is 13.3 Å². The number of hydrogen-bond acceptors (Lipinski definition) is 7. The molecule has 0 fully saturated rings. The molecule has 188 valence electrons. The molecule has 3 N–H and O–H groups in total. The Morgan fingerprint density at radius 2 is 1.87 bits per heavy atom. The third kappa shape index (κ3) is 4.23. The van der Waals surface area contributed by atoms with Crippen LogP contribution in [0.2, 0.25) is 0 Å². The Labute approximate surface area is 215 Å². The van der Waals surface area contributed by atoms with Gasteiger partial charge in [0.15, 0.2) is 11.6 Å². The monoisotopic (exact) mass is 507 g/mol. The standard InChI is InChI=1S/C27H22FN9O/c1-2-3-4-21(38)33-17-9-16(10-30-11-17)24-23(28)22-19(14-32-24)36-37-26(22)27-34-20-13-31-12-18(25(20)35-27)15-5-7-29-8-6-15/h5-14H,2-4H2,1H3,(H,33,38)(H,34,35)(H,36,37). The highest BCUT2D eigenvalue weighted by Gasteiger charge is 2.21. The Morgan fingerprint density at radius 3 is 2.71 bits per heavy atom. The number of imidazole rings is 1. The van der Waals surface area contributed by atoms with Crippen LogP contribution < -0.4 is 5.32 Å². The summed E-state index contributed by atoms with van der Waals surface area (Å²) in [5.74, 6) is -0.273. The van der Waals surface area contributed by atoms with Crippen LogP contribution in [0.4, 0.5) is 10.1 Å². The Bertz CT molecular complexity index is 1780. The quantitative estimate of drug-likeness (QED) is 0.267. The summed E-state index contributed by atoms with van der Waals surface area (Å²) < 4.78 is 16.0. The molecule has 0 saturated heterocycles.